The number of likely N-dealkylation sites (tertiary alicyclic amines) is 1. The Bertz CT molecular complexity index is 228. The summed E-state index contributed by atoms with van der Waals surface area (Å²) in [5, 5.41) is 9.82. The predicted molar refractivity (Wildman–Crippen MR) is 65.1 cm³/mol. The van der Waals surface area contributed by atoms with Crippen molar-refractivity contribution in [3.05, 3.63) is 0 Å². The molecule has 1 saturated heterocycles. The molecule has 0 aromatic rings. The highest BCUT2D eigenvalue weighted by Crippen LogP contribution is 2.21. The second kappa shape index (κ2) is 6.24. The first-order chi connectivity index (χ1) is 7.54. The van der Waals surface area contributed by atoms with Gasteiger partial charge in [-0.1, -0.05) is 27.2 Å². The van der Waals surface area contributed by atoms with Gasteiger partial charge in [0.1, 0.15) is 0 Å². The zero-order valence-electron chi connectivity index (χ0n) is 10.8. The second-order valence-corrected chi connectivity index (χ2v) is 5.25. The van der Waals surface area contributed by atoms with E-state index in [2.05, 4.69) is 6.92 Å². The van der Waals surface area contributed by atoms with Crippen LogP contribution in [0.2, 0.25) is 0 Å². The minimum atomic E-state index is -0.387. The highest BCUT2D eigenvalue weighted by molar-refractivity contribution is 5.76. The van der Waals surface area contributed by atoms with E-state index in [0.717, 1.165) is 25.8 Å². The van der Waals surface area contributed by atoms with Gasteiger partial charge in [-0.3, -0.25) is 4.79 Å². The normalized spacial score (nSPS) is 24.7. The highest BCUT2D eigenvalue weighted by atomic mass is 16.3. The Morgan fingerprint density at radius 2 is 2.12 bits per heavy atom. The summed E-state index contributed by atoms with van der Waals surface area (Å²) in [6, 6.07) is 0. The fraction of sp³-hybridized carbons (Fsp3) is 0.923. The molecule has 0 bridgehead atoms. The molecule has 0 aromatic heterocycles. The SMILES string of the molecule is CCC1CCC(=O)N(CC(O)C(C)C)CC1. The molecule has 1 amide bonds. The van der Waals surface area contributed by atoms with Gasteiger partial charge in [-0.05, 0) is 24.7 Å². The summed E-state index contributed by atoms with van der Waals surface area (Å²) in [6.07, 6.45) is 3.54. The predicted octanol–water partition coefficient (Wildman–Crippen LogP) is 2.04. The Morgan fingerprint density at radius 3 is 2.69 bits per heavy atom. The van der Waals surface area contributed by atoms with Crippen molar-refractivity contribution in [2.24, 2.45) is 11.8 Å². The molecule has 0 saturated carbocycles. The van der Waals surface area contributed by atoms with E-state index in [9.17, 15) is 9.90 Å². The monoisotopic (exact) mass is 227 g/mol. The largest absolute Gasteiger partial charge is 0.391 e. The van der Waals surface area contributed by atoms with Crippen LogP contribution in [0.3, 0.4) is 0 Å². The van der Waals surface area contributed by atoms with Gasteiger partial charge >= 0.3 is 0 Å². The number of carbonyl (C=O) groups is 1. The zero-order chi connectivity index (χ0) is 12.1. The van der Waals surface area contributed by atoms with E-state index in [1.807, 2.05) is 18.7 Å². The third kappa shape index (κ3) is 3.78. The highest BCUT2D eigenvalue weighted by Gasteiger charge is 2.24. The molecule has 1 N–H and O–H groups in total. The van der Waals surface area contributed by atoms with Crippen molar-refractivity contribution in [3.8, 4) is 0 Å². The molecule has 1 aliphatic rings. The Hall–Kier alpha value is -0.570. The molecule has 2 atom stereocenters. The molecule has 2 unspecified atom stereocenters. The van der Waals surface area contributed by atoms with Crippen LogP contribution in [0.1, 0.15) is 46.5 Å². The van der Waals surface area contributed by atoms with Crippen molar-refractivity contribution in [3.63, 3.8) is 0 Å². The van der Waals surface area contributed by atoms with Crippen LogP contribution in [0.4, 0.5) is 0 Å². The summed E-state index contributed by atoms with van der Waals surface area (Å²) < 4.78 is 0. The molecule has 94 valence electrons. The maximum absolute atomic E-state index is 11.8. The Kier molecular flexibility index (Phi) is 5.26. The summed E-state index contributed by atoms with van der Waals surface area (Å²) in [5.41, 5.74) is 0. The number of hydrogen-bond acceptors (Lipinski definition) is 2. The van der Waals surface area contributed by atoms with Gasteiger partial charge in [-0.2, -0.15) is 0 Å². The van der Waals surface area contributed by atoms with Gasteiger partial charge in [0.25, 0.3) is 0 Å². The molecule has 3 heteroatoms. The number of carbonyl (C=O) groups excluding carboxylic acids is 1. The maximum Gasteiger partial charge on any atom is 0.222 e. The molecule has 0 aromatic carbocycles. The lowest BCUT2D eigenvalue weighted by molar-refractivity contribution is -0.132. The topological polar surface area (TPSA) is 40.5 Å². The van der Waals surface area contributed by atoms with E-state index in [1.54, 1.807) is 0 Å². The number of β-amino-alcohol motifs (C(OH)–C–C–N with tert-alkyl or cyclic N) is 1. The van der Waals surface area contributed by atoms with E-state index in [1.165, 1.54) is 0 Å². The number of hydrogen-bond donors (Lipinski definition) is 1. The van der Waals surface area contributed by atoms with Gasteiger partial charge < -0.3 is 10.0 Å². The lowest BCUT2D eigenvalue weighted by atomic mass is 9.98. The Labute approximate surface area is 98.8 Å². The van der Waals surface area contributed by atoms with Crippen LogP contribution >= 0.6 is 0 Å². The lowest BCUT2D eigenvalue weighted by Gasteiger charge is -2.25. The Morgan fingerprint density at radius 1 is 1.44 bits per heavy atom. The van der Waals surface area contributed by atoms with Crippen LogP contribution in [0.5, 0.6) is 0 Å². The molecule has 0 aliphatic carbocycles. The van der Waals surface area contributed by atoms with Crippen molar-refractivity contribution in [2.75, 3.05) is 13.1 Å². The third-order valence-corrected chi connectivity index (χ3v) is 3.68. The molecule has 1 fully saturated rings. The third-order valence-electron chi connectivity index (χ3n) is 3.68. The van der Waals surface area contributed by atoms with Crippen LogP contribution in [0.15, 0.2) is 0 Å². The van der Waals surface area contributed by atoms with Crippen LogP contribution in [-0.2, 0) is 4.79 Å². The minimum Gasteiger partial charge on any atom is -0.391 e. The molecule has 0 radical (unpaired) electrons. The van der Waals surface area contributed by atoms with Crippen molar-refractivity contribution in [1.29, 1.82) is 0 Å². The molecular weight excluding hydrogens is 202 g/mol. The molecular formula is C13H25NO2. The van der Waals surface area contributed by atoms with E-state index < -0.39 is 0 Å². The van der Waals surface area contributed by atoms with Crippen LogP contribution < -0.4 is 0 Å². The first-order valence-corrected chi connectivity index (χ1v) is 6.50. The van der Waals surface area contributed by atoms with Crippen molar-refractivity contribution >= 4 is 5.91 Å². The van der Waals surface area contributed by atoms with Gasteiger partial charge in [0.15, 0.2) is 0 Å². The molecule has 1 rings (SSSR count). The van der Waals surface area contributed by atoms with Gasteiger partial charge in [-0.25, -0.2) is 0 Å². The first-order valence-electron chi connectivity index (χ1n) is 6.50. The molecule has 3 nitrogen and oxygen atoms in total. The molecule has 1 aliphatic heterocycles. The second-order valence-electron chi connectivity index (χ2n) is 5.25. The van der Waals surface area contributed by atoms with Gasteiger partial charge in [0.2, 0.25) is 5.91 Å². The zero-order valence-corrected chi connectivity index (χ0v) is 10.8. The summed E-state index contributed by atoms with van der Waals surface area (Å²) >= 11 is 0. The smallest absolute Gasteiger partial charge is 0.222 e. The van der Waals surface area contributed by atoms with E-state index in [0.29, 0.717) is 18.9 Å². The van der Waals surface area contributed by atoms with E-state index in [-0.39, 0.29) is 17.9 Å². The number of aliphatic hydroxyl groups excluding tert-OH is 1. The van der Waals surface area contributed by atoms with Crippen molar-refractivity contribution < 1.29 is 9.90 Å². The molecule has 16 heavy (non-hydrogen) atoms. The van der Waals surface area contributed by atoms with E-state index in [4.69, 9.17) is 0 Å². The van der Waals surface area contributed by atoms with Crippen molar-refractivity contribution in [1.82, 2.24) is 4.90 Å². The number of amides is 1. The fourth-order valence-corrected chi connectivity index (χ4v) is 2.13. The lowest BCUT2D eigenvalue weighted by Crippen LogP contribution is -2.39. The summed E-state index contributed by atoms with van der Waals surface area (Å²) in [5.74, 6) is 1.12. The quantitative estimate of drug-likeness (QED) is 0.798. The number of rotatable bonds is 4. The summed E-state index contributed by atoms with van der Waals surface area (Å²) in [4.78, 5) is 13.7. The average Bonchev–Trinajstić information content (AvgIpc) is 2.42. The van der Waals surface area contributed by atoms with Gasteiger partial charge in [-0.15, -0.1) is 0 Å². The van der Waals surface area contributed by atoms with E-state index >= 15 is 0 Å². The van der Waals surface area contributed by atoms with Crippen molar-refractivity contribution in [2.45, 2.75) is 52.6 Å². The molecule has 0 spiro atoms. The molecule has 1 heterocycles. The Balaban J connectivity index is 2.49. The summed E-state index contributed by atoms with van der Waals surface area (Å²) in [6.45, 7) is 7.49. The maximum atomic E-state index is 11.8. The van der Waals surface area contributed by atoms with Crippen LogP contribution in [0, 0.1) is 11.8 Å². The van der Waals surface area contributed by atoms with Gasteiger partial charge in [0.05, 0.1) is 6.10 Å². The van der Waals surface area contributed by atoms with Crippen LogP contribution in [-0.4, -0.2) is 35.1 Å². The summed E-state index contributed by atoms with van der Waals surface area (Å²) in [7, 11) is 0. The van der Waals surface area contributed by atoms with Gasteiger partial charge in [0, 0.05) is 19.5 Å². The first kappa shape index (κ1) is 13.5. The standard InChI is InChI=1S/C13H25NO2/c1-4-11-5-6-13(16)14(8-7-11)9-12(15)10(2)3/h10-12,15H,4-9H2,1-3H3. The minimum absolute atomic E-state index is 0.218. The number of aliphatic hydroxyl groups is 1. The van der Waals surface area contributed by atoms with Crippen LogP contribution in [0.25, 0.3) is 0 Å². The fourth-order valence-electron chi connectivity index (χ4n) is 2.13. The average molecular weight is 227 g/mol. The number of nitrogens with zero attached hydrogens (tertiary/aromatic N) is 1.